The number of hydrogen-bond donors (Lipinski definition) is 0. The molecule has 0 aromatic heterocycles. The van der Waals surface area contributed by atoms with E-state index >= 15 is 0 Å². The highest BCUT2D eigenvalue weighted by Crippen LogP contribution is 2.33. The van der Waals surface area contributed by atoms with Crippen molar-refractivity contribution in [2.75, 3.05) is 6.61 Å². The topological polar surface area (TPSA) is 18.5 Å². The zero-order valence-corrected chi connectivity index (χ0v) is 14.6. The SMILES string of the molecule is CCOC(C)Oc1ccc(C(CC(C)C)C(C)CC)cc1. The highest BCUT2D eigenvalue weighted by Gasteiger charge is 2.19. The molecule has 2 heteroatoms. The van der Waals surface area contributed by atoms with E-state index in [-0.39, 0.29) is 6.29 Å². The molecule has 0 N–H and O–H groups in total. The zero-order chi connectivity index (χ0) is 15.8. The Morgan fingerprint density at radius 3 is 2.05 bits per heavy atom. The Balaban J connectivity index is 2.77. The van der Waals surface area contributed by atoms with Crippen LogP contribution in [0, 0.1) is 11.8 Å². The largest absolute Gasteiger partial charge is 0.465 e. The van der Waals surface area contributed by atoms with Gasteiger partial charge in [-0.1, -0.05) is 46.2 Å². The molecule has 0 spiro atoms. The third-order valence-electron chi connectivity index (χ3n) is 4.07. The van der Waals surface area contributed by atoms with Crippen molar-refractivity contribution >= 4 is 0 Å². The Labute approximate surface area is 130 Å². The van der Waals surface area contributed by atoms with Crippen molar-refractivity contribution in [2.45, 2.75) is 66.6 Å². The standard InChI is InChI=1S/C19H32O2/c1-7-15(5)19(13-14(3)4)17-9-11-18(12-10-17)21-16(6)20-8-2/h9-12,14-16,19H,7-8,13H2,1-6H3. The first-order valence-electron chi connectivity index (χ1n) is 8.36. The van der Waals surface area contributed by atoms with Crippen LogP contribution in [-0.2, 0) is 4.74 Å². The summed E-state index contributed by atoms with van der Waals surface area (Å²) in [6, 6.07) is 8.57. The first kappa shape index (κ1) is 18.0. The maximum absolute atomic E-state index is 5.74. The van der Waals surface area contributed by atoms with Crippen LogP contribution in [0.25, 0.3) is 0 Å². The minimum absolute atomic E-state index is 0.193. The Bertz CT molecular complexity index is 383. The highest BCUT2D eigenvalue weighted by atomic mass is 16.7. The van der Waals surface area contributed by atoms with E-state index < -0.39 is 0 Å². The van der Waals surface area contributed by atoms with Gasteiger partial charge in [0.1, 0.15) is 5.75 Å². The molecule has 2 nitrogen and oxygen atoms in total. The number of rotatable bonds is 9. The van der Waals surface area contributed by atoms with Gasteiger partial charge in [-0.15, -0.1) is 0 Å². The molecular formula is C19H32O2. The van der Waals surface area contributed by atoms with Crippen molar-refractivity contribution in [3.63, 3.8) is 0 Å². The Morgan fingerprint density at radius 2 is 1.57 bits per heavy atom. The van der Waals surface area contributed by atoms with Crippen molar-refractivity contribution in [3.8, 4) is 5.75 Å². The van der Waals surface area contributed by atoms with Gasteiger partial charge in [-0.2, -0.15) is 0 Å². The maximum Gasteiger partial charge on any atom is 0.196 e. The van der Waals surface area contributed by atoms with Crippen LogP contribution in [0.4, 0.5) is 0 Å². The van der Waals surface area contributed by atoms with Crippen LogP contribution in [-0.4, -0.2) is 12.9 Å². The molecule has 0 saturated carbocycles. The van der Waals surface area contributed by atoms with Gasteiger partial charge in [-0.05, 0) is 55.7 Å². The third kappa shape index (κ3) is 6.09. The lowest BCUT2D eigenvalue weighted by Crippen LogP contribution is -2.16. The van der Waals surface area contributed by atoms with Gasteiger partial charge in [-0.25, -0.2) is 0 Å². The average Bonchev–Trinajstić information content (AvgIpc) is 2.45. The van der Waals surface area contributed by atoms with Gasteiger partial charge in [0, 0.05) is 6.61 Å². The molecule has 21 heavy (non-hydrogen) atoms. The summed E-state index contributed by atoms with van der Waals surface area (Å²) in [5.74, 6) is 2.94. The molecule has 0 saturated heterocycles. The van der Waals surface area contributed by atoms with Gasteiger partial charge in [0.25, 0.3) is 0 Å². The van der Waals surface area contributed by atoms with Gasteiger partial charge in [0.05, 0.1) is 0 Å². The Kier molecular flexibility index (Phi) is 7.81. The van der Waals surface area contributed by atoms with E-state index in [0.29, 0.717) is 18.4 Å². The van der Waals surface area contributed by atoms with Crippen molar-refractivity contribution in [3.05, 3.63) is 29.8 Å². The predicted molar refractivity (Wildman–Crippen MR) is 89.8 cm³/mol. The fraction of sp³-hybridized carbons (Fsp3) is 0.684. The van der Waals surface area contributed by atoms with Crippen LogP contribution in [0.2, 0.25) is 0 Å². The molecule has 0 aliphatic rings. The highest BCUT2D eigenvalue weighted by molar-refractivity contribution is 5.30. The molecule has 3 unspecified atom stereocenters. The van der Waals surface area contributed by atoms with Crippen molar-refractivity contribution in [1.82, 2.24) is 0 Å². The lowest BCUT2D eigenvalue weighted by molar-refractivity contribution is -0.0613. The van der Waals surface area contributed by atoms with Crippen molar-refractivity contribution in [1.29, 1.82) is 0 Å². The van der Waals surface area contributed by atoms with Crippen molar-refractivity contribution in [2.24, 2.45) is 11.8 Å². The quantitative estimate of drug-likeness (QED) is 0.550. The molecule has 0 amide bonds. The first-order chi connectivity index (χ1) is 9.97. The summed E-state index contributed by atoms with van der Waals surface area (Å²) in [4.78, 5) is 0. The molecular weight excluding hydrogens is 260 g/mol. The van der Waals surface area contributed by atoms with Gasteiger partial charge < -0.3 is 9.47 Å². The van der Waals surface area contributed by atoms with Crippen LogP contribution in [0.15, 0.2) is 24.3 Å². The summed E-state index contributed by atoms with van der Waals surface area (Å²) >= 11 is 0. The summed E-state index contributed by atoms with van der Waals surface area (Å²) in [5, 5.41) is 0. The van der Waals surface area contributed by atoms with Gasteiger partial charge in [0.15, 0.2) is 6.29 Å². The van der Waals surface area contributed by atoms with Crippen molar-refractivity contribution < 1.29 is 9.47 Å². The van der Waals surface area contributed by atoms with Gasteiger partial charge in [0.2, 0.25) is 0 Å². The normalized spacial score (nSPS) is 15.8. The van der Waals surface area contributed by atoms with E-state index in [4.69, 9.17) is 9.47 Å². The zero-order valence-electron chi connectivity index (χ0n) is 14.6. The summed E-state index contributed by atoms with van der Waals surface area (Å²) in [6.07, 6.45) is 2.27. The lowest BCUT2D eigenvalue weighted by atomic mass is 9.80. The van der Waals surface area contributed by atoms with Crippen LogP contribution in [0.5, 0.6) is 5.75 Å². The van der Waals surface area contributed by atoms with Crippen LogP contribution >= 0.6 is 0 Å². The average molecular weight is 292 g/mol. The number of hydrogen-bond acceptors (Lipinski definition) is 2. The van der Waals surface area contributed by atoms with Crippen LogP contribution < -0.4 is 4.74 Å². The predicted octanol–water partition coefficient (Wildman–Crippen LogP) is 5.62. The number of ether oxygens (including phenoxy) is 2. The molecule has 0 bridgehead atoms. The molecule has 0 radical (unpaired) electrons. The lowest BCUT2D eigenvalue weighted by Gasteiger charge is -2.25. The molecule has 120 valence electrons. The van der Waals surface area contributed by atoms with E-state index in [9.17, 15) is 0 Å². The first-order valence-corrected chi connectivity index (χ1v) is 8.36. The Morgan fingerprint density at radius 1 is 0.952 bits per heavy atom. The molecule has 0 heterocycles. The fourth-order valence-corrected chi connectivity index (χ4v) is 2.74. The summed E-state index contributed by atoms with van der Waals surface area (Å²) in [6.45, 7) is 13.8. The third-order valence-corrected chi connectivity index (χ3v) is 4.07. The molecule has 0 aliphatic heterocycles. The molecule has 0 aliphatic carbocycles. The minimum atomic E-state index is -0.193. The molecule has 1 aromatic carbocycles. The van der Waals surface area contributed by atoms with Crippen LogP contribution in [0.1, 0.15) is 65.9 Å². The summed E-state index contributed by atoms with van der Waals surface area (Å²) < 4.78 is 11.1. The van der Waals surface area contributed by atoms with E-state index in [2.05, 4.69) is 52.0 Å². The summed E-state index contributed by atoms with van der Waals surface area (Å²) in [7, 11) is 0. The molecule has 3 atom stereocenters. The van der Waals surface area contributed by atoms with E-state index in [1.54, 1.807) is 0 Å². The summed E-state index contributed by atoms with van der Waals surface area (Å²) in [5.41, 5.74) is 1.43. The Hall–Kier alpha value is -1.02. The monoisotopic (exact) mass is 292 g/mol. The maximum atomic E-state index is 5.74. The molecule has 1 aromatic rings. The number of benzene rings is 1. The second-order valence-electron chi connectivity index (χ2n) is 6.33. The van der Waals surface area contributed by atoms with Gasteiger partial charge in [-0.3, -0.25) is 0 Å². The minimum Gasteiger partial charge on any atom is -0.465 e. The molecule has 0 fully saturated rings. The smallest absolute Gasteiger partial charge is 0.196 e. The molecule has 1 rings (SSSR count). The van der Waals surface area contributed by atoms with E-state index in [0.717, 1.165) is 11.7 Å². The second-order valence-corrected chi connectivity index (χ2v) is 6.33. The van der Waals surface area contributed by atoms with Gasteiger partial charge >= 0.3 is 0 Å². The van der Waals surface area contributed by atoms with Crippen LogP contribution in [0.3, 0.4) is 0 Å². The second kappa shape index (κ2) is 9.09. The fourth-order valence-electron chi connectivity index (χ4n) is 2.74. The van der Waals surface area contributed by atoms with E-state index in [1.165, 1.54) is 18.4 Å². The van der Waals surface area contributed by atoms with E-state index in [1.807, 2.05) is 13.8 Å².